The molecule has 3 rings (SSSR count). The maximum atomic E-state index is 12.5. The van der Waals surface area contributed by atoms with Crippen molar-refractivity contribution in [1.29, 1.82) is 0 Å². The maximum absolute atomic E-state index is 12.5. The van der Waals surface area contributed by atoms with Crippen molar-refractivity contribution < 1.29 is 13.2 Å². The van der Waals surface area contributed by atoms with Gasteiger partial charge in [-0.3, -0.25) is 14.8 Å². The van der Waals surface area contributed by atoms with Crippen molar-refractivity contribution in [3.8, 4) is 0 Å². The minimum atomic E-state index is -3.88. The van der Waals surface area contributed by atoms with Gasteiger partial charge >= 0.3 is 0 Å². The average molecular weight is 403 g/mol. The number of hydrogen-bond acceptors (Lipinski definition) is 6. The Morgan fingerprint density at radius 2 is 1.85 bits per heavy atom. The standard InChI is InChI=1S/C18H18N4O3S2/c1-3-13-7-9-15(10-8-13)22-27(24,25)18-21-20-17(26-18)19-16(23)14-6-4-5-12(2)11-14/h4-11,22H,3H2,1-2H3,(H,19,20,23). The summed E-state index contributed by atoms with van der Waals surface area (Å²) in [5, 5.41) is 10.1. The van der Waals surface area contributed by atoms with Crippen molar-refractivity contribution in [2.24, 2.45) is 0 Å². The number of sulfonamides is 1. The zero-order valence-corrected chi connectivity index (χ0v) is 16.4. The van der Waals surface area contributed by atoms with Gasteiger partial charge in [0.15, 0.2) is 0 Å². The number of nitrogens with one attached hydrogen (secondary N) is 2. The first kappa shape index (κ1) is 19.0. The van der Waals surface area contributed by atoms with E-state index in [1.54, 1.807) is 30.3 Å². The first-order valence-corrected chi connectivity index (χ1v) is 10.5. The highest BCUT2D eigenvalue weighted by Crippen LogP contribution is 2.23. The Hall–Kier alpha value is -2.78. The molecule has 0 saturated carbocycles. The summed E-state index contributed by atoms with van der Waals surface area (Å²) in [5.74, 6) is -0.373. The van der Waals surface area contributed by atoms with Gasteiger partial charge in [0.05, 0.1) is 0 Å². The number of nitrogens with zero attached hydrogens (tertiary/aromatic N) is 2. The van der Waals surface area contributed by atoms with E-state index in [4.69, 9.17) is 0 Å². The summed E-state index contributed by atoms with van der Waals surface area (Å²) in [5.41, 5.74) is 2.95. The lowest BCUT2D eigenvalue weighted by Crippen LogP contribution is -2.12. The molecule has 27 heavy (non-hydrogen) atoms. The molecule has 0 spiro atoms. The highest BCUT2D eigenvalue weighted by Gasteiger charge is 2.21. The van der Waals surface area contributed by atoms with Gasteiger partial charge in [0.25, 0.3) is 20.3 Å². The Kier molecular flexibility index (Phi) is 5.52. The van der Waals surface area contributed by atoms with Gasteiger partial charge in [-0.05, 0) is 43.2 Å². The van der Waals surface area contributed by atoms with Crippen molar-refractivity contribution in [3.05, 3.63) is 65.2 Å². The van der Waals surface area contributed by atoms with Gasteiger partial charge in [-0.1, -0.05) is 48.1 Å². The first-order valence-electron chi connectivity index (χ1n) is 8.20. The number of aryl methyl sites for hydroxylation is 2. The second-order valence-corrected chi connectivity index (χ2v) is 8.69. The third-order valence-corrected chi connectivity index (χ3v) is 6.34. The van der Waals surface area contributed by atoms with E-state index >= 15 is 0 Å². The fourth-order valence-electron chi connectivity index (χ4n) is 2.33. The van der Waals surface area contributed by atoms with E-state index in [0.717, 1.165) is 28.9 Å². The molecule has 0 radical (unpaired) electrons. The molecule has 0 atom stereocenters. The van der Waals surface area contributed by atoms with Crippen LogP contribution in [0.1, 0.15) is 28.4 Å². The summed E-state index contributed by atoms with van der Waals surface area (Å²) in [6.07, 6.45) is 0.868. The number of amides is 1. The molecule has 3 aromatic rings. The van der Waals surface area contributed by atoms with Gasteiger partial charge in [-0.2, -0.15) is 8.42 Å². The first-order chi connectivity index (χ1) is 12.9. The van der Waals surface area contributed by atoms with Crippen LogP contribution in [0.4, 0.5) is 10.8 Å². The highest BCUT2D eigenvalue weighted by molar-refractivity contribution is 7.94. The maximum Gasteiger partial charge on any atom is 0.291 e. The molecule has 0 bridgehead atoms. The summed E-state index contributed by atoms with van der Waals surface area (Å²) >= 11 is 0.789. The van der Waals surface area contributed by atoms with Crippen molar-refractivity contribution in [2.75, 3.05) is 10.0 Å². The van der Waals surface area contributed by atoms with E-state index in [-0.39, 0.29) is 15.4 Å². The minimum absolute atomic E-state index is 0.114. The smallest absolute Gasteiger partial charge is 0.291 e. The number of aromatic nitrogens is 2. The highest BCUT2D eigenvalue weighted by atomic mass is 32.2. The Morgan fingerprint density at radius 3 is 2.52 bits per heavy atom. The third-order valence-electron chi connectivity index (χ3n) is 3.75. The monoisotopic (exact) mass is 402 g/mol. The van der Waals surface area contributed by atoms with Gasteiger partial charge < -0.3 is 0 Å². The zero-order valence-electron chi connectivity index (χ0n) is 14.8. The van der Waals surface area contributed by atoms with Crippen LogP contribution in [-0.4, -0.2) is 24.5 Å². The van der Waals surface area contributed by atoms with E-state index in [1.807, 2.05) is 32.0 Å². The lowest BCUT2D eigenvalue weighted by Gasteiger charge is -2.05. The molecule has 0 aliphatic carbocycles. The van der Waals surface area contributed by atoms with Crippen LogP contribution >= 0.6 is 11.3 Å². The molecular formula is C18H18N4O3S2. The van der Waals surface area contributed by atoms with Crippen LogP contribution < -0.4 is 10.0 Å². The molecule has 0 aliphatic heterocycles. The number of rotatable bonds is 6. The molecule has 0 unspecified atom stereocenters. The van der Waals surface area contributed by atoms with Crippen LogP contribution in [0.3, 0.4) is 0 Å². The Labute approximate surface area is 161 Å². The van der Waals surface area contributed by atoms with Crippen molar-refractivity contribution in [3.63, 3.8) is 0 Å². The van der Waals surface area contributed by atoms with Gasteiger partial charge in [0.1, 0.15) is 0 Å². The topological polar surface area (TPSA) is 101 Å². The number of benzene rings is 2. The zero-order chi connectivity index (χ0) is 19.4. The van der Waals surface area contributed by atoms with Gasteiger partial charge in [-0.15, -0.1) is 10.2 Å². The molecule has 2 aromatic carbocycles. The van der Waals surface area contributed by atoms with Crippen LogP contribution in [0.25, 0.3) is 0 Å². The Balaban J connectivity index is 1.72. The second-order valence-electron chi connectivity index (χ2n) is 5.85. The predicted octanol–water partition coefficient (Wildman–Crippen LogP) is 3.46. The van der Waals surface area contributed by atoms with Gasteiger partial charge in [0, 0.05) is 11.3 Å². The van der Waals surface area contributed by atoms with E-state index in [2.05, 4.69) is 20.2 Å². The van der Waals surface area contributed by atoms with E-state index in [0.29, 0.717) is 11.3 Å². The van der Waals surface area contributed by atoms with Crippen molar-refractivity contribution in [2.45, 2.75) is 24.6 Å². The predicted molar refractivity (Wildman–Crippen MR) is 106 cm³/mol. The number of carbonyl (C=O) groups is 1. The van der Waals surface area contributed by atoms with Crippen molar-refractivity contribution >= 4 is 38.1 Å². The van der Waals surface area contributed by atoms with E-state index in [9.17, 15) is 13.2 Å². The van der Waals surface area contributed by atoms with Crippen LogP contribution in [0.5, 0.6) is 0 Å². The molecule has 1 amide bonds. The largest absolute Gasteiger partial charge is 0.296 e. The van der Waals surface area contributed by atoms with E-state index in [1.165, 1.54) is 0 Å². The fourth-order valence-corrected chi connectivity index (χ4v) is 4.29. The summed E-state index contributed by atoms with van der Waals surface area (Å²) in [6, 6.07) is 14.1. The normalized spacial score (nSPS) is 11.2. The molecule has 140 valence electrons. The van der Waals surface area contributed by atoms with Crippen LogP contribution in [-0.2, 0) is 16.4 Å². The minimum Gasteiger partial charge on any atom is -0.296 e. The lowest BCUT2D eigenvalue weighted by molar-refractivity contribution is 0.102. The lowest BCUT2D eigenvalue weighted by atomic mass is 10.1. The Morgan fingerprint density at radius 1 is 1.11 bits per heavy atom. The number of anilines is 2. The van der Waals surface area contributed by atoms with Crippen LogP contribution in [0, 0.1) is 6.92 Å². The average Bonchev–Trinajstić information content (AvgIpc) is 3.11. The van der Waals surface area contributed by atoms with Gasteiger partial charge in [0.2, 0.25) is 5.13 Å². The summed E-state index contributed by atoms with van der Waals surface area (Å²) < 4.78 is 27.1. The molecule has 9 heteroatoms. The van der Waals surface area contributed by atoms with Crippen LogP contribution in [0.2, 0.25) is 0 Å². The fraction of sp³-hybridized carbons (Fsp3) is 0.167. The third kappa shape index (κ3) is 4.69. The summed E-state index contributed by atoms with van der Waals surface area (Å²) in [7, 11) is -3.88. The number of carbonyl (C=O) groups excluding carboxylic acids is 1. The molecular weight excluding hydrogens is 384 g/mol. The molecule has 2 N–H and O–H groups in total. The quantitative estimate of drug-likeness (QED) is 0.615. The second kappa shape index (κ2) is 7.85. The summed E-state index contributed by atoms with van der Waals surface area (Å²) in [6.45, 7) is 3.90. The van der Waals surface area contributed by atoms with Gasteiger partial charge in [-0.25, -0.2) is 0 Å². The molecule has 1 heterocycles. The van der Waals surface area contributed by atoms with Crippen molar-refractivity contribution in [1.82, 2.24) is 10.2 Å². The van der Waals surface area contributed by atoms with Crippen LogP contribution in [0.15, 0.2) is 52.9 Å². The number of hydrogen-bond donors (Lipinski definition) is 2. The molecule has 0 fully saturated rings. The molecule has 0 saturated heterocycles. The Bertz CT molecular complexity index is 1060. The molecule has 7 nitrogen and oxygen atoms in total. The molecule has 1 aromatic heterocycles. The summed E-state index contributed by atoms with van der Waals surface area (Å²) in [4.78, 5) is 12.2. The SMILES string of the molecule is CCc1ccc(NS(=O)(=O)c2nnc(NC(=O)c3cccc(C)c3)s2)cc1. The molecule has 0 aliphatic rings. The van der Waals surface area contributed by atoms with E-state index < -0.39 is 10.0 Å².